The highest BCUT2D eigenvalue weighted by Crippen LogP contribution is 2.54. The molecule has 2 rings (SSSR count). The largest absolute Gasteiger partial charge is 0.460 e. The van der Waals surface area contributed by atoms with E-state index in [1.165, 1.54) is 64.7 Å². The molecule has 0 aliphatic heterocycles. The van der Waals surface area contributed by atoms with Crippen molar-refractivity contribution in [3.63, 3.8) is 0 Å². The lowest BCUT2D eigenvalue weighted by Gasteiger charge is -2.51. The molecule has 2 aliphatic rings. The number of aliphatic hydroxyl groups is 1. The summed E-state index contributed by atoms with van der Waals surface area (Å²) in [6.07, 6.45) is 13.9. The van der Waals surface area contributed by atoms with Gasteiger partial charge in [-0.3, -0.25) is 4.79 Å². The molecule has 2 fully saturated rings. The van der Waals surface area contributed by atoms with Gasteiger partial charge in [-0.15, -0.1) is 0 Å². The van der Waals surface area contributed by atoms with Crippen LogP contribution in [0.4, 0.5) is 0 Å². The van der Waals surface area contributed by atoms with Crippen LogP contribution < -0.4 is 0 Å². The number of hydrogen-bond acceptors (Lipinski definition) is 3. The normalized spacial score (nSPS) is 31.4. The summed E-state index contributed by atoms with van der Waals surface area (Å²) in [5.74, 6) is 1.14. The maximum atomic E-state index is 11.2. The molecule has 2 saturated carbocycles. The van der Waals surface area contributed by atoms with Crippen LogP contribution >= 0.6 is 0 Å². The van der Waals surface area contributed by atoms with Gasteiger partial charge in [-0.1, -0.05) is 46.0 Å². The quantitative estimate of drug-likeness (QED) is 0.645. The average Bonchev–Trinajstić information content (AvgIpc) is 2.59. The van der Waals surface area contributed by atoms with Gasteiger partial charge in [0.15, 0.2) is 0 Å². The molecule has 4 unspecified atom stereocenters. The van der Waals surface area contributed by atoms with Gasteiger partial charge in [0.2, 0.25) is 0 Å². The molecule has 140 valence electrons. The predicted octanol–water partition coefficient (Wildman–Crippen LogP) is 5.25. The van der Waals surface area contributed by atoms with E-state index in [1.807, 2.05) is 0 Å². The smallest absolute Gasteiger partial charge is 0.302 e. The van der Waals surface area contributed by atoms with Gasteiger partial charge in [0.25, 0.3) is 0 Å². The van der Waals surface area contributed by atoms with Crippen molar-refractivity contribution in [2.45, 2.75) is 110 Å². The van der Waals surface area contributed by atoms with E-state index in [-0.39, 0.29) is 12.1 Å². The second kappa shape index (κ2) is 9.22. The Kier molecular flexibility index (Phi) is 7.59. The maximum Gasteiger partial charge on any atom is 0.302 e. The molecule has 3 heteroatoms. The lowest BCUT2D eigenvalue weighted by atomic mass is 9.55. The lowest BCUT2D eigenvalue weighted by molar-refractivity contribution is -0.159. The minimum absolute atomic E-state index is 0.266. The fourth-order valence-corrected chi connectivity index (χ4v) is 5.67. The zero-order valence-electron chi connectivity index (χ0n) is 16.1. The van der Waals surface area contributed by atoms with E-state index >= 15 is 0 Å². The van der Waals surface area contributed by atoms with E-state index in [0.717, 1.165) is 25.2 Å². The molecule has 0 bridgehead atoms. The monoisotopic (exact) mass is 338 g/mol. The van der Waals surface area contributed by atoms with Gasteiger partial charge < -0.3 is 9.84 Å². The van der Waals surface area contributed by atoms with Crippen molar-refractivity contribution in [2.75, 3.05) is 0 Å². The third kappa shape index (κ3) is 4.53. The van der Waals surface area contributed by atoms with Crippen LogP contribution in [-0.2, 0) is 9.53 Å². The predicted molar refractivity (Wildman–Crippen MR) is 97.7 cm³/mol. The number of hydrogen-bond donors (Lipinski definition) is 1. The van der Waals surface area contributed by atoms with E-state index in [9.17, 15) is 9.90 Å². The molecule has 0 saturated heterocycles. The van der Waals surface area contributed by atoms with Crippen molar-refractivity contribution >= 4 is 5.97 Å². The van der Waals surface area contributed by atoms with Crippen LogP contribution in [0.2, 0.25) is 0 Å². The molecular formula is C21H38O3. The summed E-state index contributed by atoms with van der Waals surface area (Å²) in [4.78, 5) is 11.2. The first-order chi connectivity index (χ1) is 11.5. The van der Waals surface area contributed by atoms with E-state index < -0.39 is 6.10 Å². The Bertz CT molecular complexity index is 389. The summed E-state index contributed by atoms with van der Waals surface area (Å²) >= 11 is 0. The average molecular weight is 339 g/mol. The van der Waals surface area contributed by atoms with Crippen molar-refractivity contribution < 1.29 is 14.6 Å². The van der Waals surface area contributed by atoms with Crippen LogP contribution in [0.3, 0.4) is 0 Å². The summed E-state index contributed by atoms with van der Waals surface area (Å²) in [6, 6.07) is 0. The molecule has 0 aromatic rings. The molecule has 2 aliphatic carbocycles. The first kappa shape index (κ1) is 19.8. The van der Waals surface area contributed by atoms with Crippen molar-refractivity contribution in [3.8, 4) is 0 Å². The van der Waals surface area contributed by atoms with E-state index in [0.29, 0.717) is 11.3 Å². The van der Waals surface area contributed by atoms with Crippen molar-refractivity contribution in [1.29, 1.82) is 0 Å². The number of aliphatic hydroxyl groups excluding tert-OH is 1. The third-order valence-corrected chi connectivity index (χ3v) is 6.96. The first-order valence-corrected chi connectivity index (χ1v) is 10.4. The topological polar surface area (TPSA) is 46.5 Å². The van der Waals surface area contributed by atoms with Gasteiger partial charge in [-0.05, 0) is 62.2 Å². The SMILES string of the molecule is CCCCC(CC)(C1CCCCC1)C1CCC(OC(C)=O)C(O)C1. The molecule has 0 aromatic carbocycles. The van der Waals surface area contributed by atoms with Gasteiger partial charge in [-0.2, -0.15) is 0 Å². The van der Waals surface area contributed by atoms with Crippen LogP contribution in [0.5, 0.6) is 0 Å². The van der Waals surface area contributed by atoms with Gasteiger partial charge in [-0.25, -0.2) is 0 Å². The van der Waals surface area contributed by atoms with Gasteiger partial charge in [0.05, 0.1) is 6.10 Å². The number of esters is 1. The molecule has 3 nitrogen and oxygen atoms in total. The second-order valence-electron chi connectivity index (χ2n) is 8.25. The number of ether oxygens (including phenoxy) is 1. The summed E-state index contributed by atoms with van der Waals surface area (Å²) in [6.45, 7) is 6.10. The van der Waals surface area contributed by atoms with Crippen molar-refractivity contribution in [1.82, 2.24) is 0 Å². The summed E-state index contributed by atoms with van der Waals surface area (Å²) in [5.41, 5.74) is 0.388. The van der Waals surface area contributed by atoms with Crippen LogP contribution in [0.25, 0.3) is 0 Å². The molecule has 1 N–H and O–H groups in total. The Labute approximate surface area is 148 Å². The van der Waals surface area contributed by atoms with Crippen LogP contribution in [0.1, 0.15) is 97.8 Å². The van der Waals surface area contributed by atoms with Crippen molar-refractivity contribution in [3.05, 3.63) is 0 Å². The lowest BCUT2D eigenvalue weighted by Crippen LogP contribution is -2.46. The van der Waals surface area contributed by atoms with E-state index in [4.69, 9.17) is 4.74 Å². The number of unbranched alkanes of at least 4 members (excludes halogenated alkanes) is 1. The second-order valence-corrected chi connectivity index (χ2v) is 8.25. The highest BCUT2D eigenvalue weighted by molar-refractivity contribution is 5.66. The maximum absolute atomic E-state index is 11.2. The third-order valence-electron chi connectivity index (χ3n) is 6.96. The number of carbonyl (C=O) groups excluding carboxylic acids is 1. The highest BCUT2D eigenvalue weighted by atomic mass is 16.6. The van der Waals surface area contributed by atoms with Crippen LogP contribution in [0.15, 0.2) is 0 Å². The fraction of sp³-hybridized carbons (Fsp3) is 0.952. The number of rotatable bonds is 7. The fourth-order valence-electron chi connectivity index (χ4n) is 5.67. The molecule has 0 radical (unpaired) electrons. The Hall–Kier alpha value is -0.570. The van der Waals surface area contributed by atoms with E-state index in [2.05, 4.69) is 13.8 Å². The Balaban J connectivity index is 2.12. The Morgan fingerprint density at radius 1 is 1.08 bits per heavy atom. The van der Waals surface area contributed by atoms with Crippen LogP contribution in [-0.4, -0.2) is 23.3 Å². The number of carbonyl (C=O) groups is 1. The summed E-state index contributed by atoms with van der Waals surface area (Å²) < 4.78 is 5.34. The van der Waals surface area contributed by atoms with E-state index in [1.54, 1.807) is 0 Å². The van der Waals surface area contributed by atoms with Crippen LogP contribution in [0, 0.1) is 17.3 Å². The molecule has 0 amide bonds. The summed E-state index contributed by atoms with van der Waals surface area (Å²) in [5, 5.41) is 10.6. The Morgan fingerprint density at radius 2 is 1.79 bits per heavy atom. The molecule has 24 heavy (non-hydrogen) atoms. The zero-order chi connectivity index (χ0) is 17.6. The molecule has 0 heterocycles. The van der Waals surface area contributed by atoms with Crippen molar-refractivity contribution in [2.24, 2.45) is 17.3 Å². The minimum atomic E-state index is -0.483. The first-order valence-electron chi connectivity index (χ1n) is 10.4. The van der Waals surface area contributed by atoms with Gasteiger partial charge in [0.1, 0.15) is 6.10 Å². The summed E-state index contributed by atoms with van der Waals surface area (Å²) in [7, 11) is 0. The zero-order valence-corrected chi connectivity index (χ0v) is 16.1. The minimum Gasteiger partial charge on any atom is -0.460 e. The molecular weight excluding hydrogens is 300 g/mol. The molecule has 4 atom stereocenters. The molecule has 0 aromatic heterocycles. The Morgan fingerprint density at radius 3 is 2.33 bits per heavy atom. The highest BCUT2D eigenvalue weighted by Gasteiger charge is 2.46. The standard InChI is InChI=1S/C21H38O3/c1-4-6-14-21(5-2,17-10-8-7-9-11-17)18-12-13-20(19(23)15-18)24-16(3)22/h17-20,23H,4-15H2,1-3H3. The van der Waals surface area contributed by atoms with Gasteiger partial charge >= 0.3 is 5.97 Å². The molecule has 0 spiro atoms. The van der Waals surface area contributed by atoms with Gasteiger partial charge in [0, 0.05) is 6.92 Å².